The van der Waals surface area contributed by atoms with Crippen LogP contribution in [0, 0.1) is 0 Å². The molecule has 1 saturated heterocycles. The molecule has 1 aliphatic carbocycles. The van der Waals surface area contributed by atoms with Gasteiger partial charge in [0.25, 0.3) is 0 Å². The molecule has 1 aromatic heterocycles. The lowest BCUT2D eigenvalue weighted by Gasteiger charge is -2.39. The Labute approximate surface area is 190 Å². The highest BCUT2D eigenvalue weighted by Gasteiger charge is 2.29. The van der Waals surface area contributed by atoms with Crippen molar-refractivity contribution in [2.24, 2.45) is 5.73 Å². The number of rotatable bonds is 4. The van der Waals surface area contributed by atoms with Crippen LogP contribution in [0.2, 0.25) is 0 Å². The van der Waals surface area contributed by atoms with Crippen LogP contribution in [0.5, 0.6) is 0 Å². The molecule has 3 heterocycles. The van der Waals surface area contributed by atoms with Gasteiger partial charge in [0.15, 0.2) is 0 Å². The van der Waals surface area contributed by atoms with E-state index in [1.807, 2.05) is 6.20 Å². The highest BCUT2D eigenvalue weighted by molar-refractivity contribution is 5.72. The number of aryl methyl sites for hydroxylation is 1. The standard InChI is InChI=1S/C25H34N6O/c1-29(23-9-2-5-18-7-4-10-27-24(18)23)17-20-15-21-19(16-28-20)6-3-8-22(21)30-11-13-31(14-12-30)25(26)32/h3-4,6-8,10,20,23,28H,2,5,9,11-17H2,1H3,(H2,26,32)/t20-,23+/m1/s1. The summed E-state index contributed by atoms with van der Waals surface area (Å²) in [5, 5.41) is 3.77. The van der Waals surface area contributed by atoms with Gasteiger partial charge in [0.05, 0.1) is 11.7 Å². The van der Waals surface area contributed by atoms with Gasteiger partial charge in [-0.3, -0.25) is 9.88 Å². The molecule has 0 radical (unpaired) electrons. The average molecular weight is 435 g/mol. The van der Waals surface area contributed by atoms with Gasteiger partial charge < -0.3 is 20.9 Å². The van der Waals surface area contributed by atoms with Crippen molar-refractivity contribution in [3.63, 3.8) is 0 Å². The van der Waals surface area contributed by atoms with Gasteiger partial charge in [-0.15, -0.1) is 0 Å². The van der Waals surface area contributed by atoms with E-state index >= 15 is 0 Å². The first kappa shape index (κ1) is 21.2. The number of benzene rings is 1. The molecular weight excluding hydrogens is 400 g/mol. The van der Waals surface area contributed by atoms with Crippen LogP contribution in [0.25, 0.3) is 0 Å². The van der Waals surface area contributed by atoms with Gasteiger partial charge in [-0.25, -0.2) is 4.79 Å². The number of hydrogen-bond donors (Lipinski definition) is 2. The Morgan fingerprint density at radius 2 is 2.00 bits per heavy atom. The van der Waals surface area contributed by atoms with Gasteiger partial charge >= 0.3 is 6.03 Å². The third-order valence-corrected chi connectivity index (χ3v) is 7.42. The molecule has 0 unspecified atom stereocenters. The zero-order chi connectivity index (χ0) is 22.1. The summed E-state index contributed by atoms with van der Waals surface area (Å²) in [6.45, 7) is 4.96. The number of nitrogens with zero attached hydrogens (tertiary/aromatic N) is 4. The molecule has 3 aliphatic rings. The van der Waals surface area contributed by atoms with Gasteiger partial charge in [0.1, 0.15) is 0 Å². The number of aromatic nitrogens is 1. The van der Waals surface area contributed by atoms with Gasteiger partial charge in [0, 0.05) is 57.2 Å². The SMILES string of the molecule is CN(C[C@H]1Cc2c(cccc2N2CCN(C(N)=O)CC2)CN1)[C@H]1CCCc2cccnc21. The minimum Gasteiger partial charge on any atom is -0.368 e. The average Bonchev–Trinajstić information content (AvgIpc) is 2.83. The molecular formula is C25H34N6O. The first-order valence-electron chi connectivity index (χ1n) is 11.9. The first-order valence-corrected chi connectivity index (χ1v) is 11.9. The maximum Gasteiger partial charge on any atom is 0.314 e. The number of carbonyl (C=O) groups is 1. The lowest BCUT2D eigenvalue weighted by Crippen LogP contribution is -2.51. The highest BCUT2D eigenvalue weighted by atomic mass is 16.2. The van der Waals surface area contributed by atoms with Gasteiger partial charge in [0.2, 0.25) is 0 Å². The second-order valence-corrected chi connectivity index (χ2v) is 9.40. The number of amides is 2. The molecule has 2 atom stereocenters. The van der Waals surface area contributed by atoms with E-state index in [-0.39, 0.29) is 6.03 Å². The van der Waals surface area contributed by atoms with Crippen LogP contribution in [-0.2, 0) is 19.4 Å². The number of fused-ring (bicyclic) bond motifs is 2. The van der Waals surface area contributed by atoms with Crippen LogP contribution >= 0.6 is 0 Å². The fourth-order valence-corrected chi connectivity index (χ4v) is 5.68. The molecule has 1 fully saturated rings. The molecule has 3 N–H and O–H groups in total. The number of anilines is 1. The van der Waals surface area contributed by atoms with Crippen LogP contribution < -0.4 is 16.0 Å². The fraction of sp³-hybridized carbons (Fsp3) is 0.520. The van der Waals surface area contributed by atoms with E-state index < -0.39 is 0 Å². The normalized spacial score (nSPS) is 23.1. The Hall–Kier alpha value is -2.64. The number of nitrogens with one attached hydrogen (secondary N) is 1. The Bertz CT molecular complexity index is 971. The fourth-order valence-electron chi connectivity index (χ4n) is 5.68. The van der Waals surface area contributed by atoms with Crippen molar-refractivity contribution in [3.8, 4) is 0 Å². The molecule has 7 heteroatoms. The minimum atomic E-state index is -0.314. The van der Waals surface area contributed by atoms with Crippen LogP contribution in [0.1, 0.15) is 41.3 Å². The van der Waals surface area contributed by atoms with Crippen molar-refractivity contribution in [2.75, 3.05) is 44.7 Å². The monoisotopic (exact) mass is 434 g/mol. The van der Waals surface area contributed by atoms with Gasteiger partial charge in [-0.1, -0.05) is 18.2 Å². The van der Waals surface area contributed by atoms with Crippen molar-refractivity contribution >= 4 is 11.7 Å². The molecule has 2 aromatic rings. The highest BCUT2D eigenvalue weighted by Crippen LogP contribution is 2.33. The summed E-state index contributed by atoms with van der Waals surface area (Å²) in [5.41, 5.74) is 12.3. The summed E-state index contributed by atoms with van der Waals surface area (Å²) in [7, 11) is 2.25. The van der Waals surface area contributed by atoms with Crippen LogP contribution in [0.3, 0.4) is 0 Å². The molecule has 32 heavy (non-hydrogen) atoms. The van der Waals surface area contributed by atoms with Crippen molar-refractivity contribution in [1.29, 1.82) is 0 Å². The Balaban J connectivity index is 1.28. The summed E-state index contributed by atoms with van der Waals surface area (Å²) in [6.07, 6.45) is 6.52. The molecule has 1 aromatic carbocycles. The molecule has 2 aliphatic heterocycles. The van der Waals surface area contributed by atoms with Crippen molar-refractivity contribution in [1.82, 2.24) is 20.1 Å². The topological polar surface area (TPSA) is 77.7 Å². The predicted molar refractivity (Wildman–Crippen MR) is 127 cm³/mol. The third kappa shape index (κ3) is 4.19. The molecule has 2 amide bonds. The zero-order valence-electron chi connectivity index (χ0n) is 19.0. The van der Waals surface area contributed by atoms with Gasteiger partial charge in [-0.2, -0.15) is 0 Å². The van der Waals surface area contributed by atoms with E-state index in [1.165, 1.54) is 40.9 Å². The number of nitrogens with two attached hydrogens (primary N) is 1. The predicted octanol–water partition coefficient (Wildman–Crippen LogP) is 2.31. The Morgan fingerprint density at radius 1 is 1.19 bits per heavy atom. The number of piperazine rings is 1. The largest absolute Gasteiger partial charge is 0.368 e. The maximum absolute atomic E-state index is 11.5. The molecule has 0 spiro atoms. The smallest absolute Gasteiger partial charge is 0.314 e. The van der Waals surface area contributed by atoms with Crippen LogP contribution in [0.15, 0.2) is 36.5 Å². The van der Waals surface area contributed by atoms with E-state index in [0.29, 0.717) is 25.2 Å². The second kappa shape index (κ2) is 9.08. The summed E-state index contributed by atoms with van der Waals surface area (Å²) < 4.78 is 0. The summed E-state index contributed by atoms with van der Waals surface area (Å²) in [4.78, 5) is 22.9. The number of pyridine rings is 1. The molecule has 5 rings (SSSR count). The Kier molecular flexibility index (Phi) is 6.02. The van der Waals surface area contributed by atoms with E-state index in [1.54, 1.807) is 4.90 Å². The molecule has 0 bridgehead atoms. The van der Waals surface area contributed by atoms with E-state index in [2.05, 4.69) is 52.5 Å². The van der Waals surface area contributed by atoms with Crippen molar-refractivity contribution < 1.29 is 4.79 Å². The molecule has 7 nitrogen and oxygen atoms in total. The first-order chi connectivity index (χ1) is 15.6. The molecule has 0 saturated carbocycles. The number of primary amides is 1. The summed E-state index contributed by atoms with van der Waals surface area (Å²) in [5.74, 6) is 0. The van der Waals surface area contributed by atoms with Crippen LogP contribution in [-0.4, -0.2) is 66.6 Å². The summed E-state index contributed by atoms with van der Waals surface area (Å²) in [6, 6.07) is 11.4. The van der Waals surface area contributed by atoms with E-state index in [9.17, 15) is 4.79 Å². The van der Waals surface area contributed by atoms with Crippen molar-refractivity contribution in [3.05, 3.63) is 58.9 Å². The summed E-state index contributed by atoms with van der Waals surface area (Å²) >= 11 is 0. The number of carbonyl (C=O) groups excluding carboxylic acids is 1. The third-order valence-electron chi connectivity index (χ3n) is 7.42. The van der Waals surface area contributed by atoms with E-state index in [4.69, 9.17) is 10.7 Å². The lowest BCUT2D eigenvalue weighted by molar-refractivity contribution is 0.190. The quantitative estimate of drug-likeness (QED) is 0.772. The zero-order valence-corrected chi connectivity index (χ0v) is 19.0. The minimum absolute atomic E-state index is 0.314. The lowest BCUT2D eigenvalue weighted by atomic mass is 9.89. The maximum atomic E-state index is 11.5. The number of urea groups is 1. The van der Waals surface area contributed by atoms with Crippen LogP contribution in [0.4, 0.5) is 10.5 Å². The Morgan fingerprint density at radius 3 is 2.81 bits per heavy atom. The van der Waals surface area contributed by atoms with Gasteiger partial charge in [-0.05, 0) is 61.6 Å². The number of likely N-dealkylation sites (N-methyl/N-ethyl adjacent to an activating group) is 1. The molecule has 170 valence electrons. The van der Waals surface area contributed by atoms with Crippen molar-refractivity contribution in [2.45, 2.75) is 44.3 Å². The van der Waals surface area contributed by atoms with E-state index in [0.717, 1.165) is 39.0 Å². The second-order valence-electron chi connectivity index (χ2n) is 9.40. The number of hydrogen-bond acceptors (Lipinski definition) is 5.